The Kier molecular flexibility index (Phi) is 5.17. The first-order valence-corrected chi connectivity index (χ1v) is 7.56. The highest BCUT2D eigenvalue weighted by molar-refractivity contribution is 5.91. The maximum absolute atomic E-state index is 5.96. The van der Waals surface area contributed by atoms with Gasteiger partial charge in [-0.05, 0) is 30.4 Å². The third-order valence-electron chi connectivity index (χ3n) is 3.72. The van der Waals surface area contributed by atoms with Gasteiger partial charge < -0.3 is 15.8 Å². The van der Waals surface area contributed by atoms with Crippen LogP contribution in [0.15, 0.2) is 29.4 Å². The summed E-state index contributed by atoms with van der Waals surface area (Å²) in [5.41, 5.74) is 6.06. The van der Waals surface area contributed by atoms with E-state index in [1.165, 1.54) is 0 Å². The molecule has 1 aromatic heterocycles. The average molecular weight is 290 g/mol. The highest BCUT2D eigenvalue weighted by Crippen LogP contribution is 2.34. The highest BCUT2D eigenvalue weighted by Gasteiger charge is 2.35. The lowest BCUT2D eigenvalue weighted by Gasteiger charge is -2.39. The van der Waals surface area contributed by atoms with Gasteiger partial charge in [-0.15, -0.1) is 0 Å². The molecule has 1 aliphatic heterocycles. The highest BCUT2D eigenvalue weighted by atomic mass is 16.5. The lowest BCUT2D eigenvalue weighted by Crippen LogP contribution is -2.41. The molecule has 2 heterocycles. The number of nitrogens with two attached hydrogens (primary N) is 1. The van der Waals surface area contributed by atoms with Gasteiger partial charge in [-0.25, -0.2) is 4.98 Å². The summed E-state index contributed by atoms with van der Waals surface area (Å²) in [5.74, 6) is 1.54. The third-order valence-corrected chi connectivity index (χ3v) is 3.72. The number of rotatable bonds is 3. The molecular weight excluding hydrogens is 264 g/mol. The van der Waals surface area contributed by atoms with Gasteiger partial charge in [0.15, 0.2) is 5.96 Å². The van der Waals surface area contributed by atoms with Gasteiger partial charge in [-0.1, -0.05) is 26.8 Å². The molecular formula is C16H26N4O. The van der Waals surface area contributed by atoms with Crippen molar-refractivity contribution in [2.45, 2.75) is 39.7 Å². The number of nitrogens with one attached hydrogen (secondary N) is 1. The molecule has 116 valence electrons. The van der Waals surface area contributed by atoms with E-state index in [2.05, 4.69) is 36.1 Å². The second-order valence-corrected chi connectivity index (χ2v) is 6.63. The standard InChI is InChI=1S/C16H26N4O/c1-16(2,3)14-12(7-6-10-21-14)11-19-15(17)20-13-8-4-5-9-18-13/h4-5,8-9,12,14H,6-7,10-11H2,1-3H3,(H3,17,18,19,20). The van der Waals surface area contributed by atoms with E-state index in [4.69, 9.17) is 10.5 Å². The maximum atomic E-state index is 5.96. The number of guanidine groups is 1. The molecule has 0 spiro atoms. The molecule has 1 saturated heterocycles. The smallest absolute Gasteiger partial charge is 0.194 e. The van der Waals surface area contributed by atoms with Gasteiger partial charge in [0, 0.05) is 25.3 Å². The Hall–Kier alpha value is -1.62. The molecule has 0 radical (unpaired) electrons. The van der Waals surface area contributed by atoms with E-state index in [9.17, 15) is 0 Å². The van der Waals surface area contributed by atoms with Crippen molar-refractivity contribution in [3.63, 3.8) is 0 Å². The normalized spacial score (nSPS) is 23.9. The van der Waals surface area contributed by atoms with E-state index in [1.807, 2.05) is 18.2 Å². The van der Waals surface area contributed by atoms with Gasteiger partial charge in [-0.2, -0.15) is 0 Å². The zero-order valence-electron chi connectivity index (χ0n) is 13.2. The molecule has 1 aromatic rings. The first kappa shape index (κ1) is 15.8. The summed E-state index contributed by atoms with van der Waals surface area (Å²) in [5, 5.41) is 3.01. The lowest BCUT2D eigenvalue weighted by molar-refractivity contribution is -0.0823. The van der Waals surface area contributed by atoms with E-state index in [1.54, 1.807) is 6.20 Å². The summed E-state index contributed by atoms with van der Waals surface area (Å²) in [4.78, 5) is 8.64. The minimum Gasteiger partial charge on any atom is -0.377 e. The van der Waals surface area contributed by atoms with Gasteiger partial charge in [0.2, 0.25) is 0 Å². The molecule has 1 fully saturated rings. The summed E-state index contributed by atoms with van der Waals surface area (Å²) in [6.45, 7) is 8.19. The van der Waals surface area contributed by atoms with Gasteiger partial charge in [0.25, 0.3) is 0 Å². The number of hydrogen-bond donors (Lipinski definition) is 2. The number of anilines is 1. The zero-order valence-corrected chi connectivity index (χ0v) is 13.2. The molecule has 0 saturated carbocycles. The van der Waals surface area contributed by atoms with Crippen molar-refractivity contribution in [1.29, 1.82) is 0 Å². The van der Waals surface area contributed by atoms with Crippen LogP contribution in [-0.4, -0.2) is 30.2 Å². The summed E-state index contributed by atoms with van der Waals surface area (Å²) in [6.07, 6.45) is 4.20. The van der Waals surface area contributed by atoms with Crippen molar-refractivity contribution in [3.8, 4) is 0 Å². The largest absolute Gasteiger partial charge is 0.377 e. The van der Waals surface area contributed by atoms with Crippen LogP contribution in [0, 0.1) is 11.3 Å². The van der Waals surface area contributed by atoms with Crippen molar-refractivity contribution in [3.05, 3.63) is 24.4 Å². The number of hydrogen-bond acceptors (Lipinski definition) is 3. The molecule has 0 bridgehead atoms. The van der Waals surface area contributed by atoms with Crippen LogP contribution in [-0.2, 0) is 4.74 Å². The molecule has 0 aromatic carbocycles. The first-order valence-electron chi connectivity index (χ1n) is 7.56. The van der Waals surface area contributed by atoms with Crippen LogP contribution in [0.2, 0.25) is 0 Å². The SMILES string of the molecule is CC(C)(C)C1OCCCC1CN=C(N)Nc1ccccn1. The van der Waals surface area contributed by atoms with Crippen LogP contribution in [0.4, 0.5) is 5.82 Å². The topological polar surface area (TPSA) is 72.5 Å². The van der Waals surface area contributed by atoms with Crippen molar-refractivity contribution >= 4 is 11.8 Å². The second kappa shape index (κ2) is 6.89. The predicted molar refractivity (Wildman–Crippen MR) is 86.3 cm³/mol. The zero-order chi connectivity index (χ0) is 15.3. The maximum Gasteiger partial charge on any atom is 0.194 e. The van der Waals surface area contributed by atoms with Gasteiger partial charge in [-0.3, -0.25) is 4.99 Å². The monoisotopic (exact) mass is 290 g/mol. The Morgan fingerprint density at radius 3 is 2.95 bits per heavy atom. The molecule has 2 atom stereocenters. The molecule has 2 unspecified atom stereocenters. The molecule has 2 rings (SSSR count). The second-order valence-electron chi connectivity index (χ2n) is 6.63. The van der Waals surface area contributed by atoms with E-state index in [0.717, 1.165) is 19.4 Å². The molecule has 21 heavy (non-hydrogen) atoms. The number of nitrogens with zero attached hydrogens (tertiary/aromatic N) is 2. The fraction of sp³-hybridized carbons (Fsp3) is 0.625. The molecule has 3 N–H and O–H groups in total. The Labute approximate surface area is 127 Å². The van der Waals surface area contributed by atoms with Crippen LogP contribution >= 0.6 is 0 Å². The van der Waals surface area contributed by atoms with E-state index in [0.29, 0.717) is 24.2 Å². The summed E-state index contributed by atoms with van der Waals surface area (Å²) >= 11 is 0. The van der Waals surface area contributed by atoms with Crippen LogP contribution in [0.25, 0.3) is 0 Å². The van der Waals surface area contributed by atoms with Crippen LogP contribution in [0.1, 0.15) is 33.6 Å². The van der Waals surface area contributed by atoms with E-state index in [-0.39, 0.29) is 11.5 Å². The lowest BCUT2D eigenvalue weighted by atomic mass is 9.78. The molecule has 5 nitrogen and oxygen atoms in total. The van der Waals surface area contributed by atoms with Crippen LogP contribution in [0.3, 0.4) is 0 Å². The van der Waals surface area contributed by atoms with Gasteiger partial charge in [0.1, 0.15) is 5.82 Å². The van der Waals surface area contributed by atoms with E-state index < -0.39 is 0 Å². The van der Waals surface area contributed by atoms with E-state index >= 15 is 0 Å². The summed E-state index contributed by atoms with van der Waals surface area (Å²) in [6, 6.07) is 5.64. The van der Waals surface area contributed by atoms with Crippen molar-refractivity contribution < 1.29 is 4.74 Å². The summed E-state index contributed by atoms with van der Waals surface area (Å²) < 4.78 is 5.96. The Bertz CT molecular complexity index is 467. The molecule has 0 amide bonds. The number of pyridine rings is 1. The van der Waals surface area contributed by atoms with Crippen molar-refractivity contribution in [2.24, 2.45) is 22.1 Å². The fourth-order valence-corrected chi connectivity index (χ4v) is 2.81. The Morgan fingerprint density at radius 2 is 2.29 bits per heavy atom. The number of aliphatic imine (C=N–C) groups is 1. The molecule has 1 aliphatic rings. The number of ether oxygens (including phenoxy) is 1. The quantitative estimate of drug-likeness (QED) is 0.663. The minimum atomic E-state index is 0.129. The first-order chi connectivity index (χ1) is 9.97. The summed E-state index contributed by atoms with van der Waals surface area (Å²) in [7, 11) is 0. The average Bonchev–Trinajstić information content (AvgIpc) is 2.45. The van der Waals surface area contributed by atoms with Crippen LogP contribution in [0.5, 0.6) is 0 Å². The van der Waals surface area contributed by atoms with Crippen molar-refractivity contribution in [2.75, 3.05) is 18.5 Å². The predicted octanol–water partition coefficient (Wildman–Crippen LogP) is 2.65. The van der Waals surface area contributed by atoms with Gasteiger partial charge in [0.05, 0.1) is 6.10 Å². The number of aromatic nitrogens is 1. The Morgan fingerprint density at radius 1 is 1.48 bits per heavy atom. The van der Waals surface area contributed by atoms with Crippen molar-refractivity contribution in [1.82, 2.24) is 4.98 Å². The molecule has 5 heteroatoms. The van der Waals surface area contributed by atoms with Crippen LogP contribution < -0.4 is 11.1 Å². The fourth-order valence-electron chi connectivity index (χ4n) is 2.81. The van der Waals surface area contributed by atoms with Gasteiger partial charge >= 0.3 is 0 Å². The minimum absolute atomic E-state index is 0.129. The third kappa shape index (κ3) is 4.70. The Balaban J connectivity index is 1.94. The molecule has 0 aliphatic carbocycles.